The number of hydrogen-bond acceptors (Lipinski definition) is 2. The third-order valence-corrected chi connectivity index (χ3v) is 3.29. The van der Waals surface area contributed by atoms with Gasteiger partial charge < -0.3 is 4.42 Å². The predicted octanol–water partition coefficient (Wildman–Crippen LogP) is 4.07. The van der Waals surface area contributed by atoms with Gasteiger partial charge in [0.2, 0.25) is 0 Å². The highest BCUT2D eigenvalue weighted by molar-refractivity contribution is 6.04. The molecule has 0 bridgehead atoms. The molecule has 1 heterocycles. The molecule has 0 amide bonds. The van der Waals surface area contributed by atoms with E-state index in [4.69, 9.17) is 4.42 Å². The molecule has 0 fully saturated rings. The Hall–Kier alpha value is -2.09. The standard InChI is InChI=1S/C16H14O2/c1-10(2)14-9-15(17)18-16-12-6-4-3-5-11(12)7-8-13(14)16/h3-10H,1-2H3. The lowest BCUT2D eigenvalue weighted by Crippen LogP contribution is -2.02. The molecule has 0 aliphatic rings. The zero-order chi connectivity index (χ0) is 12.7. The molecule has 3 aromatic rings. The van der Waals surface area contributed by atoms with E-state index in [1.165, 1.54) is 0 Å². The molecule has 0 N–H and O–H groups in total. The van der Waals surface area contributed by atoms with Crippen molar-refractivity contribution in [3.8, 4) is 0 Å². The van der Waals surface area contributed by atoms with Gasteiger partial charge in [-0.2, -0.15) is 0 Å². The van der Waals surface area contributed by atoms with Crippen molar-refractivity contribution >= 4 is 21.7 Å². The van der Waals surface area contributed by atoms with Crippen LogP contribution in [0.25, 0.3) is 21.7 Å². The van der Waals surface area contributed by atoms with Gasteiger partial charge in [0.1, 0.15) is 5.58 Å². The van der Waals surface area contributed by atoms with Crippen LogP contribution in [0.4, 0.5) is 0 Å². The summed E-state index contributed by atoms with van der Waals surface area (Å²) in [6.07, 6.45) is 0. The minimum Gasteiger partial charge on any atom is -0.422 e. The van der Waals surface area contributed by atoms with Crippen LogP contribution in [0.5, 0.6) is 0 Å². The third-order valence-electron chi connectivity index (χ3n) is 3.29. The number of fused-ring (bicyclic) bond motifs is 3. The van der Waals surface area contributed by atoms with Crippen molar-refractivity contribution in [2.24, 2.45) is 0 Å². The lowest BCUT2D eigenvalue weighted by atomic mass is 9.97. The summed E-state index contributed by atoms with van der Waals surface area (Å²) in [7, 11) is 0. The van der Waals surface area contributed by atoms with Crippen molar-refractivity contribution in [1.29, 1.82) is 0 Å². The van der Waals surface area contributed by atoms with Crippen molar-refractivity contribution in [2.45, 2.75) is 19.8 Å². The van der Waals surface area contributed by atoms with E-state index in [0.717, 1.165) is 21.7 Å². The van der Waals surface area contributed by atoms with E-state index < -0.39 is 0 Å². The highest BCUT2D eigenvalue weighted by atomic mass is 16.4. The summed E-state index contributed by atoms with van der Waals surface area (Å²) in [5.74, 6) is 0.303. The molecule has 0 aliphatic carbocycles. The molecule has 0 aliphatic heterocycles. The fourth-order valence-corrected chi connectivity index (χ4v) is 2.39. The summed E-state index contributed by atoms with van der Waals surface area (Å²) in [6.45, 7) is 4.17. The van der Waals surface area contributed by atoms with Crippen molar-refractivity contribution in [1.82, 2.24) is 0 Å². The van der Waals surface area contributed by atoms with Gasteiger partial charge in [0.05, 0.1) is 0 Å². The van der Waals surface area contributed by atoms with Gasteiger partial charge in [0, 0.05) is 16.8 Å². The van der Waals surface area contributed by atoms with Crippen molar-refractivity contribution in [3.63, 3.8) is 0 Å². The Balaban J connectivity index is 2.55. The molecule has 2 nitrogen and oxygen atoms in total. The molecule has 0 unspecified atom stereocenters. The van der Waals surface area contributed by atoms with Crippen LogP contribution in [-0.2, 0) is 0 Å². The molecule has 0 spiro atoms. The van der Waals surface area contributed by atoms with Gasteiger partial charge in [0.25, 0.3) is 0 Å². The second kappa shape index (κ2) is 3.98. The van der Waals surface area contributed by atoms with E-state index in [1.807, 2.05) is 30.3 Å². The van der Waals surface area contributed by atoms with Crippen LogP contribution in [0, 0.1) is 0 Å². The van der Waals surface area contributed by atoms with E-state index in [9.17, 15) is 4.79 Å². The van der Waals surface area contributed by atoms with Gasteiger partial charge in [-0.1, -0.05) is 50.2 Å². The Kier molecular flexibility index (Phi) is 2.44. The lowest BCUT2D eigenvalue weighted by molar-refractivity contribution is 0.560. The van der Waals surface area contributed by atoms with Crippen LogP contribution in [0.15, 0.2) is 51.7 Å². The lowest BCUT2D eigenvalue weighted by Gasteiger charge is -2.10. The van der Waals surface area contributed by atoms with E-state index in [1.54, 1.807) is 6.07 Å². The zero-order valence-corrected chi connectivity index (χ0v) is 10.4. The maximum Gasteiger partial charge on any atom is 0.336 e. The summed E-state index contributed by atoms with van der Waals surface area (Å²) >= 11 is 0. The first-order valence-corrected chi connectivity index (χ1v) is 6.12. The quantitative estimate of drug-likeness (QED) is 0.472. The minimum absolute atomic E-state index is 0.275. The normalized spacial score (nSPS) is 11.5. The maximum absolute atomic E-state index is 11.7. The zero-order valence-electron chi connectivity index (χ0n) is 10.4. The van der Waals surface area contributed by atoms with Gasteiger partial charge in [-0.15, -0.1) is 0 Å². The summed E-state index contributed by atoms with van der Waals surface area (Å²) < 4.78 is 5.41. The Bertz CT molecular complexity index is 782. The van der Waals surface area contributed by atoms with Crippen LogP contribution in [0.3, 0.4) is 0 Å². The fraction of sp³-hybridized carbons (Fsp3) is 0.188. The number of benzene rings is 2. The monoisotopic (exact) mass is 238 g/mol. The average Bonchev–Trinajstić information content (AvgIpc) is 2.37. The highest BCUT2D eigenvalue weighted by Gasteiger charge is 2.10. The van der Waals surface area contributed by atoms with Crippen LogP contribution in [0.2, 0.25) is 0 Å². The first-order chi connectivity index (χ1) is 8.66. The molecule has 0 atom stereocenters. The molecule has 18 heavy (non-hydrogen) atoms. The van der Waals surface area contributed by atoms with E-state index in [-0.39, 0.29) is 5.63 Å². The Morgan fingerprint density at radius 3 is 2.56 bits per heavy atom. The highest BCUT2D eigenvalue weighted by Crippen LogP contribution is 2.29. The fourth-order valence-electron chi connectivity index (χ4n) is 2.39. The van der Waals surface area contributed by atoms with E-state index >= 15 is 0 Å². The topological polar surface area (TPSA) is 30.2 Å². The van der Waals surface area contributed by atoms with Crippen molar-refractivity contribution in [3.05, 3.63) is 58.4 Å². The van der Waals surface area contributed by atoms with Gasteiger partial charge in [0.15, 0.2) is 0 Å². The molecule has 90 valence electrons. The molecular formula is C16H14O2. The summed E-state index contributed by atoms with van der Waals surface area (Å²) in [6, 6.07) is 13.7. The first-order valence-electron chi connectivity index (χ1n) is 6.12. The third kappa shape index (κ3) is 1.61. The smallest absolute Gasteiger partial charge is 0.336 e. The Morgan fingerprint density at radius 2 is 1.78 bits per heavy atom. The molecule has 2 heteroatoms. The summed E-state index contributed by atoms with van der Waals surface area (Å²) in [5.41, 5.74) is 1.47. The SMILES string of the molecule is CC(C)c1cc(=O)oc2c1ccc1ccccc12. The van der Waals surface area contributed by atoms with Gasteiger partial charge in [-0.05, 0) is 16.9 Å². The van der Waals surface area contributed by atoms with Crippen LogP contribution in [0.1, 0.15) is 25.3 Å². The van der Waals surface area contributed by atoms with Crippen LogP contribution >= 0.6 is 0 Å². The van der Waals surface area contributed by atoms with Crippen LogP contribution < -0.4 is 5.63 Å². The Morgan fingerprint density at radius 1 is 1.00 bits per heavy atom. The van der Waals surface area contributed by atoms with Crippen LogP contribution in [-0.4, -0.2) is 0 Å². The summed E-state index contributed by atoms with van der Waals surface area (Å²) in [4.78, 5) is 11.7. The first kappa shape index (κ1) is 11.0. The maximum atomic E-state index is 11.7. The van der Waals surface area contributed by atoms with Gasteiger partial charge >= 0.3 is 5.63 Å². The van der Waals surface area contributed by atoms with Crippen molar-refractivity contribution in [2.75, 3.05) is 0 Å². The number of hydrogen-bond donors (Lipinski definition) is 0. The molecule has 0 saturated carbocycles. The van der Waals surface area contributed by atoms with Crippen molar-refractivity contribution < 1.29 is 4.42 Å². The minimum atomic E-state index is -0.275. The van der Waals surface area contributed by atoms with E-state index in [0.29, 0.717) is 11.5 Å². The molecule has 0 radical (unpaired) electrons. The van der Waals surface area contributed by atoms with E-state index in [2.05, 4.69) is 19.9 Å². The molecule has 2 aromatic carbocycles. The predicted molar refractivity (Wildman–Crippen MR) is 74.1 cm³/mol. The molecule has 0 saturated heterocycles. The second-order valence-corrected chi connectivity index (χ2v) is 4.84. The second-order valence-electron chi connectivity index (χ2n) is 4.84. The average molecular weight is 238 g/mol. The molecular weight excluding hydrogens is 224 g/mol. The Labute approximate surface area is 105 Å². The largest absolute Gasteiger partial charge is 0.422 e. The van der Waals surface area contributed by atoms with Gasteiger partial charge in [-0.3, -0.25) is 0 Å². The molecule has 3 rings (SSSR count). The summed E-state index contributed by atoms with van der Waals surface area (Å²) in [5, 5.41) is 3.12. The molecule has 1 aromatic heterocycles. The number of rotatable bonds is 1. The van der Waals surface area contributed by atoms with Gasteiger partial charge in [-0.25, -0.2) is 4.79 Å².